The fourth-order valence-electron chi connectivity index (χ4n) is 3.19. The first-order chi connectivity index (χ1) is 12.8. The molecule has 2 N–H and O–H groups in total. The van der Waals surface area contributed by atoms with Crippen LogP contribution in [0.15, 0.2) is 49.2 Å². The lowest BCUT2D eigenvalue weighted by Gasteiger charge is -2.32. The summed E-state index contributed by atoms with van der Waals surface area (Å²) in [6, 6.07) is 5.94. The predicted molar refractivity (Wildman–Crippen MR) is 100 cm³/mol. The molecule has 4 heterocycles. The highest BCUT2D eigenvalue weighted by atomic mass is 15.2. The van der Waals surface area contributed by atoms with Crippen molar-refractivity contribution in [2.24, 2.45) is 11.7 Å². The van der Waals surface area contributed by atoms with Gasteiger partial charge >= 0.3 is 0 Å². The molecule has 0 amide bonds. The molecule has 0 spiro atoms. The quantitative estimate of drug-likeness (QED) is 0.773. The van der Waals surface area contributed by atoms with Crippen molar-refractivity contribution in [3.05, 3.63) is 49.2 Å². The maximum Gasteiger partial charge on any atom is 0.182 e. The summed E-state index contributed by atoms with van der Waals surface area (Å²) in [6.07, 6.45) is 10.7. The van der Waals surface area contributed by atoms with Crippen LogP contribution in [0.2, 0.25) is 0 Å². The van der Waals surface area contributed by atoms with Crippen LogP contribution in [-0.2, 0) is 0 Å². The van der Waals surface area contributed by atoms with Gasteiger partial charge in [-0.25, -0.2) is 15.0 Å². The Bertz CT molecular complexity index is 789. The lowest BCUT2D eigenvalue weighted by Crippen LogP contribution is -2.36. The molecule has 132 valence electrons. The van der Waals surface area contributed by atoms with Crippen molar-refractivity contribution < 1.29 is 0 Å². The highest BCUT2D eigenvalue weighted by molar-refractivity contribution is 5.66. The number of pyridine rings is 1. The Morgan fingerprint density at radius 2 is 1.85 bits per heavy atom. The van der Waals surface area contributed by atoms with Crippen LogP contribution in [0.1, 0.15) is 12.8 Å². The summed E-state index contributed by atoms with van der Waals surface area (Å²) in [5, 5.41) is 0. The SMILES string of the molecule is NCC1CCN(c2cc(-c3cccnc3)nc(-c3cnccn3)n2)CC1. The van der Waals surface area contributed by atoms with Crippen molar-refractivity contribution in [3.8, 4) is 22.8 Å². The molecule has 26 heavy (non-hydrogen) atoms. The number of rotatable bonds is 4. The normalized spacial score (nSPS) is 15.2. The van der Waals surface area contributed by atoms with E-state index in [9.17, 15) is 0 Å². The predicted octanol–water partition coefficient (Wildman–Crippen LogP) is 2.17. The van der Waals surface area contributed by atoms with Gasteiger partial charge in [-0.05, 0) is 37.4 Å². The molecule has 1 aliphatic heterocycles. The molecule has 4 rings (SSSR count). The summed E-state index contributed by atoms with van der Waals surface area (Å²) < 4.78 is 0. The van der Waals surface area contributed by atoms with E-state index < -0.39 is 0 Å². The summed E-state index contributed by atoms with van der Waals surface area (Å²) in [6.45, 7) is 2.65. The van der Waals surface area contributed by atoms with Crippen LogP contribution in [0.25, 0.3) is 22.8 Å². The largest absolute Gasteiger partial charge is 0.356 e. The molecule has 3 aromatic heterocycles. The van der Waals surface area contributed by atoms with Gasteiger partial charge in [-0.2, -0.15) is 0 Å². The van der Waals surface area contributed by atoms with Gasteiger partial charge in [0.2, 0.25) is 0 Å². The fourth-order valence-corrected chi connectivity index (χ4v) is 3.19. The van der Waals surface area contributed by atoms with Crippen molar-refractivity contribution in [1.29, 1.82) is 0 Å². The van der Waals surface area contributed by atoms with E-state index in [1.807, 2.05) is 24.4 Å². The Labute approximate surface area is 152 Å². The molecule has 0 bridgehead atoms. The Balaban J connectivity index is 1.74. The molecule has 0 aliphatic carbocycles. The molecule has 7 nitrogen and oxygen atoms in total. The molecule has 0 unspecified atom stereocenters. The summed E-state index contributed by atoms with van der Waals surface area (Å²) >= 11 is 0. The van der Waals surface area contributed by atoms with Crippen molar-refractivity contribution in [2.45, 2.75) is 12.8 Å². The van der Waals surface area contributed by atoms with Gasteiger partial charge in [0.25, 0.3) is 0 Å². The smallest absolute Gasteiger partial charge is 0.182 e. The van der Waals surface area contributed by atoms with Gasteiger partial charge in [-0.3, -0.25) is 9.97 Å². The lowest BCUT2D eigenvalue weighted by molar-refractivity contribution is 0.413. The van der Waals surface area contributed by atoms with Crippen molar-refractivity contribution in [1.82, 2.24) is 24.9 Å². The minimum absolute atomic E-state index is 0.579. The van der Waals surface area contributed by atoms with Gasteiger partial charge in [-0.15, -0.1) is 0 Å². The average molecular weight is 347 g/mol. The molecule has 3 aromatic rings. The van der Waals surface area contributed by atoms with Crippen molar-refractivity contribution in [3.63, 3.8) is 0 Å². The van der Waals surface area contributed by atoms with E-state index in [4.69, 9.17) is 15.7 Å². The van der Waals surface area contributed by atoms with E-state index in [0.717, 1.165) is 49.6 Å². The first-order valence-corrected chi connectivity index (χ1v) is 8.84. The van der Waals surface area contributed by atoms with Gasteiger partial charge in [-0.1, -0.05) is 0 Å². The summed E-state index contributed by atoms with van der Waals surface area (Å²) in [5.41, 5.74) is 8.28. The van der Waals surface area contributed by atoms with Crippen molar-refractivity contribution in [2.75, 3.05) is 24.5 Å². The van der Waals surface area contributed by atoms with E-state index in [0.29, 0.717) is 17.4 Å². The van der Waals surface area contributed by atoms with E-state index in [1.165, 1.54) is 0 Å². The van der Waals surface area contributed by atoms with Crippen LogP contribution in [0.3, 0.4) is 0 Å². The highest BCUT2D eigenvalue weighted by Gasteiger charge is 2.21. The van der Waals surface area contributed by atoms with Gasteiger partial charge < -0.3 is 10.6 Å². The Morgan fingerprint density at radius 1 is 1.00 bits per heavy atom. The Hall–Kier alpha value is -2.93. The van der Waals surface area contributed by atoms with Crippen LogP contribution in [0, 0.1) is 5.92 Å². The van der Waals surface area contributed by atoms with Crippen LogP contribution in [0.5, 0.6) is 0 Å². The zero-order chi connectivity index (χ0) is 17.8. The summed E-state index contributed by atoms with van der Waals surface area (Å²) in [5.74, 6) is 2.09. The monoisotopic (exact) mass is 347 g/mol. The summed E-state index contributed by atoms with van der Waals surface area (Å²) in [7, 11) is 0. The van der Waals surface area contributed by atoms with Crippen LogP contribution >= 0.6 is 0 Å². The maximum absolute atomic E-state index is 5.82. The Kier molecular flexibility index (Phi) is 4.79. The number of hydrogen-bond donors (Lipinski definition) is 1. The second-order valence-electron chi connectivity index (χ2n) is 6.43. The molecule has 1 saturated heterocycles. The third-order valence-corrected chi connectivity index (χ3v) is 4.73. The van der Waals surface area contributed by atoms with Crippen molar-refractivity contribution >= 4 is 5.82 Å². The van der Waals surface area contributed by atoms with Gasteiger partial charge in [0.1, 0.15) is 11.5 Å². The molecular formula is C19H21N7. The first-order valence-electron chi connectivity index (χ1n) is 8.84. The molecular weight excluding hydrogens is 326 g/mol. The molecule has 0 radical (unpaired) electrons. The molecule has 0 saturated carbocycles. The van der Waals surface area contributed by atoms with Crippen LogP contribution < -0.4 is 10.6 Å². The first kappa shape index (κ1) is 16.5. The molecule has 1 aliphatic rings. The molecule has 0 atom stereocenters. The van der Waals surface area contributed by atoms with E-state index in [2.05, 4.69) is 19.9 Å². The fraction of sp³-hybridized carbons (Fsp3) is 0.316. The minimum Gasteiger partial charge on any atom is -0.356 e. The number of nitrogens with two attached hydrogens (primary N) is 1. The Morgan fingerprint density at radius 3 is 2.54 bits per heavy atom. The average Bonchev–Trinajstić information content (AvgIpc) is 2.75. The number of hydrogen-bond acceptors (Lipinski definition) is 7. The third kappa shape index (κ3) is 3.52. The minimum atomic E-state index is 0.579. The van der Waals surface area contributed by atoms with E-state index in [1.54, 1.807) is 24.8 Å². The molecule has 0 aromatic carbocycles. The molecule has 7 heteroatoms. The van der Waals surface area contributed by atoms with Gasteiger partial charge in [0, 0.05) is 49.5 Å². The van der Waals surface area contributed by atoms with Gasteiger partial charge in [0.15, 0.2) is 5.82 Å². The van der Waals surface area contributed by atoms with Crippen LogP contribution in [0.4, 0.5) is 5.82 Å². The summed E-state index contributed by atoms with van der Waals surface area (Å²) in [4.78, 5) is 24.5. The zero-order valence-electron chi connectivity index (χ0n) is 14.5. The number of piperidine rings is 1. The second-order valence-corrected chi connectivity index (χ2v) is 6.43. The lowest BCUT2D eigenvalue weighted by atomic mass is 9.97. The van der Waals surface area contributed by atoms with Crippen LogP contribution in [-0.4, -0.2) is 44.6 Å². The van der Waals surface area contributed by atoms with E-state index >= 15 is 0 Å². The third-order valence-electron chi connectivity index (χ3n) is 4.73. The maximum atomic E-state index is 5.82. The second kappa shape index (κ2) is 7.53. The number of aromatic nitrogens is 5. The topological polar surface area (TPSA) is 93.7 Å². The zero-order valence-corrected chi connectivity index (χ0v) is 14.5. The standard InChI is InChI=1S/C19H21N7/c20-11-14-3-8-26(9-4-14)18-10-16(15-2-1-5-21-12-15)24-19(25-18)17-13-22-6-7-23-17/h1-2,5-7,10,12-14H,3-4,8-9,11,20H2. The number of anilines is 1. The highest BCUT2D eigenvalue weighted by Crippen LogP contribution is 2.27. The van der Waals surface area contributed by atoms with E-state index in [-0.39, 0.29) is 0 Å². The number of nitrogens with zero attached hydrogens (tertiary/aromatic N) is 6. The molecule has 1 fully saturated rings. The van der Waals surface area contributed by atoms with Gasteiger partial charge in [0.05, 0.1) is 11.9 Å².